The molecule has 0 N–H and O–H groups in total. The van der Waals surface area contributed by atoms with Gasteiger partial charge in [-0.1, -0.05) is 140 Å². The Morgan fingerprint density at radius 2 is 0.800 bits per heavy atom. The van der Waals surface area contributed by atoms with Gasteiger partial charge in [0.05, 0.1) is 19.3 Å². The molecule has 0 amide bonds. The van der Waals surface area contributed by atoms with Gasteiger partial charge in [-0.15, -0.1) is 0 Å². The third kappa shape index (κ3) is 30.0. The van der Waals surface area contributed by atoms with E-state index in [1.165, 1.54) is 161 Å². The lowest BCUT2D eigenvalue weighted by molar-refractivity contribution is -0.0187. The van der Waals surface area contributed by atoms with Gasteiger partial charge in [0, 0.05) is 13.2 Å². The summed E-state index contributed by atoms with van der Waals surface area (Å²) in [5.74, 6) is 0. The predicted octanol–water partition coefficient (Wildman–Crippen LogP) is 12.7. The van der Waals surface area contributed by atoms with E-state index < -0.39 is 0 Å². The highest BCUT2D eigenvalue weighted by Crippen LogP contribution is 2.14. The molecule has 1 saturated heterocycles. The second kappa shape index (κ2) is 35.7. The van der Waals surface area contributed by atoms with Crippen LogP contribution in [0.3, 0.4) is 0 Å². The van der Waals surface area contributed by atoms with Crippen molar-refractivity contribution in [2.75, 3.05) is 39.5 Å². The topological polar surface area (TPSA) is 21.7 Å². The Hall–Kier alpha value is -1.16. The summed E-state index contributed by atoms with van der Waals surface area (Å²) in [6.07, 6.45) is 51.1. The number of ether oxygens (including phenoxy) is 2. The van der Waals surface area contributed by atoms with Gasteiger partial charge < -0.3 is 9.47 Å². The number of rotatable bonds is 35. The lowest BCUT2D eigenvalue weighted by Crippen LogP contribution is -2.49. The summed E-state index contributed by atoms with van der Waals surface area (Å²) in [5, 5.41) is 0. The molecule has 0 bridgehead atoms. The largest absolute Gasteiger partial charge is 0.380 e. The van der Waals surface area contributed by atoms with Crippen LogP contribution in [0.2, 0.25) is 0 Å². The summed E-state index contributed by atoms with van der Waals surface area (Å²) in [5.41, 5.74) is 0. The van der Waals surface area contributed by atoms with E-state index in [0.29, 0.717) is 6.04 Å². The van der Waals surface area contributed by atoms with Crippen LogP contribution in [0.1, 0.15) is 174 Å². The standard InChI is InChI=1S/C42H77NO2/c1-3-5-7-9-11-13-15-17-19-21-23-25-27-29-31-33-38-44-40-42(43-36-35-37-43)41-45-39-34-32-30-28-26-24-22-20-18-16-14-12-10-8-6-4-2/h11-14,17-20,42H,3-10,15-16,21-41H2,1-2H3/b13-11-,14-12-,19-17-,20-18-. The summed E-state index contributed by atoms with van der Waals surface area (Å²) in [6, 6.07) is 0.452. The molecule has 0 aromatic carbocycles. The first-order chi connectivity index (χ1) is 22.4. The van der Waals surface area contributed by atoms with Gasteiger partial charge in [0.1, 0.15) is 0 Å². The van der Waals surface area contributed by atoms with Gasteiger partial charge >= 0.3 is 0 Å². The van der Waals surface area contributed by atoms with Crippen molar-refractivity contribution < 1.29 is 9.47 Å². The fourth-order valence-electron chi connectivity index (χ4n) is 5.79. The van der Waals surface area contributed by atoms with Gasteiger partial charge in [-0.2, -0.15) is 0 Å². The Labute approximate surface area is 282 Å². The number of allylic oxidation sites excluding steroid dienone is 8. The third-order valence-electron chi connectivity index (χ3n) is 9.01. The monoisotopic (exact) mass is 628 g/mol. The van der Waals surface area contributed by atoms with Crippen molar-refractivity contribution in [1.29, 1.82) is 0 Å². The Morgan fingerprint density at radius 1 is 0.444 bits per heavy atom. The van der Waals surface area contributed by atoms with Crippen LogP contribution in [-0.2, 0) is 9.47 Å². The highest BCUT2D eigenvalue weighted by atomic mass is 16.5. The maximum absolute atomic E-state index is 6.11. The van der Waals surface area contributed by atoms with E-state index in [1.54, 1.807) is 0 Å². The zero-order valence-electron chi connectivity index (χ0n) is 30.4. The van der Waals surface area contributed by atoms with E-state index >= 15 is 0 Å². The molecule has 0 saturated carbocycles. The van der Waals surface area contributed by atoms with Crippen molar-refractivity contribution in [3.05, 3.63) is 48.6 Å². The summed E-state index contributed by atoms with van der Waals surface area (Å²) in [6.45, 7) is 10.5. The molecule has 45 heavy (non-hydrogen) atoms. The van der Waals surface area contributed by atoms with Crippen LogP contribution in [0.5, 0.6) is 0 Å². The number of hydrogen-bond acceptors (Lipinski definition) is 3. The summed E-state index contributed by atoms with van der Waals surface area (Å²) in [7, 11) is 0. The Bertz CT molecular complexity index is 641. The van der Waals surface area contributed by atoms with Crippen molar-refractivity contribution in [2.24, 2.45) is 0 Å². The van der Waals surface area contributed by atoms with Crippen LogP contribution in [0.4, 0.5) is 0 Å². The third-order valence-corrected chi connectivity index (χ3v) is 9.01. The molecular formula is C42H77NO2. The van der Waals surface area contributed by atoms with Crippen LogP contribution < -0.4 is 0 Å². The van der Waals surface area contributed by atoms with Crippen LogP contribution in [0.15, 0.2) is 48.6 Å². The first-order valence-electron chi connectivity index (χ1n) is 19.9. The van der Waals surface area contributed by atoms with Crippen molar-refractivity contribution in [1.82, 2.24) is 4.90 Å². The van der Waals surface area contributed by atoms with Gasteiger partial charge in [-0.3, -0.25) is 4.90 Å². The molecule has 0 radical (unpaired) electrons. The Morgan fingerprint density at radius 3 is 1.16 bits per heavy atom. The minimum Gasteiger partial charge on any atom is -0.380 e. The normalized spacial score (nSPS) is 14.4. The van der Waals surface area contributed by atoms with E-state index in [1.807, 2.05) is 0 Å². The van der Waals surface area contributed by atoms with Crippen LogP contribution in [-0.4, -0.2) is 50.5 Å². The lowest BCUT2D eigenvalue weighted by atomic mass is 10.1. The fourth-order valence-corrected chi connectivity index (χ4v) is 5.79. The van der Waals surface area contributed by atoms with Crippen molar-refractivity contribution in [2.45, 2.75) is 180 Å². The maximum Gasteiger partial charge on any atom is 0.0644 e. The smallest absolute Gasteiger partial charge is 0.0644 e. The van der Waals surface area contributed by atoms with Gasteiger partial charge in [-0.25, -0.2) is 0 Å². The number of likely N-dealkylation sites (tertiary alicyclic amines) is 1. The molecule has 1 rings (SSSR count). The van der Waals surface area contributed by atoms with E-state index in [9.17, 15) is 0 Å². The number of hydrogen-bond donors (Lipinski definition) is 0. The fraction of sp³-hybridized carbons (Fsp3) is 0.810. The molecule has 1 fully saturated rings. The van der Waals surface area contributed by atoms with E-state index in [4.69, 9.17) is 9.47 Å². The maximum atomic E-state index is 6.11. The molecule has 1 aliphatic heterocycles. The molecule has 0 unspecified atom stereocenters. The molecule has 3 heteroatoms. The van der Waals surface area contributed by atoms with Crippen molar-refractivity contribution in [3.8, 4) is 0 Å². The van der Waals surface area contributed by atoms with Crippen molar-refractivity contribution in [3.63, 3.8) is 0 Å². The van der Waals surface area contributed by atoms with Crippen LogP contribution in [0.25, 0.3) is 0 Å². The second-order valence-electron chi connectivity index (χ2n) is 13.4. The molecule has 3 nitrogen and oxygen atoms in total. The zero-order chi connectivity index (χ0) is 32.1. The average Bonchev–Trinajstić information content (AvgIpc) is 3.02. The SMILES string of the molecule is CCCCC/C=C\C/C=C\CCCCCCCCOCC(COCCCCCCCC/C=C\C/C=C\CCCCC)N1CCC1. The van der Waals surface area contributed by atoms with Gasteiger partial charge in [-0.05, 0) is 96.6 Å². The highest BCUT2D eigenvalue weighted by Gasteiger charge is 2.24. The lowest BCUT2D eigenvalue weighted by Gasteiger charge is -2.38. The van der Waals surface area contributed by atoms with Crippen LogP contribution >= 0.6 is 0 Å². The summed E-state index contributed by atoms with van der Waals surface area (Å²) in [4.78, 5) is 2.55. The quantitative estimate of drug-likeness (QED) is 0.0515. The average molecular weight is 628 g/mol. The molecule has 1 aliphatic rings. The summed E-state index contributed by atoms with van der Waals surface area (Å²) >= 11 is 0. The molecule has 0 spiro atoms. The Kier molecular flexibility index (Phi) is 33.2. The molecule has 0 aliphatic carbocycles. The molecule has 0 atom stereocenters. The molecular weight excluding hydrogens is 550 g/mol. The molecule has 262 valence electrons. The van der Waals surface area contributed by atoms with Gasteiger partial charge in [0.2, 0.25) is 0 Å². The molecule has 1 heterocycles. The Balaban J connectivity index is 1.87. The summed E-state index contributed by atoms with van der Waals surface area (Å²) < 4.78 is 12.2. The predicted molar refractivity (Wildman–Crippen MR) is 200 cm³/mol. The van der Waals surface area contributed by atoms with E-state index in [2.05, 4.69) is 67.4 Å². The highest BCUT2D eigenvalue weighted by molar-refractivity contribution is 4.93. The number of unbranched alkanes of at least 4 members (excludes halogenated alkanes) is 18. The van der Waals surface area contributed by atoms with Gasteiger partial charge in [0.25, 0.3) is 0 Å². The van der Waals surface area contributed by atoms with E-state index in [0.717, 1.165) is 39.3 Å². The zero-order valence-corrected chi connectivity index (χ0v) is 30.4. The van der Waals surface area contributed by atoms with Crippen molar-refractivity contribution >= 4 is 0 Å². The minimum absolute atomic E-state index is 0.452. The van der Waals surface area contributed by atoms with Gasteiger partial charge in [0.15, 0.2) is 0 Å². The van der Waals surface area contributed by atoms with Crippen LogP contribution in [0, 0.1) is 0 Å². The second-order valence-corrected chi connectivity index (χ2v) is 13.4. The van der Waals surface area contributed by atoms with E-state index in [-0.39, 0.29) is 0 Å². The minimum atomic E-state index is 0.452. The first-order valence-corrected chi connectivity index (χ1v) is 19.9. The molecule has 0 aromatic rings. The first kappa shape index (κ1) is 41.9. The number of nitrogens with zero attached hydrogens (tertiary/aromatic N) is 1. The molecule has 0 aromatic heterocycles.